The van der Waals surface area contributed by atoms with Gasteiger partial charge in [0.25, 0.3) is 0 Å². The van der Waals surface area contributed by atoms with Gasteiger partial charge in [-0.2, -0.15) is 0 Å². The average molecular weight is 335 g/mol. The van der Waals surface area contributed by atoms with E-state index in [0.29, 0.717) is 43.9 Å². The predicted molar refractivity (Wildman–Crippen MR) is 89.4 cm³/mol. The van der Waals surface area contributed by atoms with Crippen LogP contribution in [0, 0.1) is 11.8 Å². The number of carboxylic acid groups (broad SMARTS) is 1. The summed E-state index contributed by atoms with van der Waals surface area (Å²) in [5.41, 5.74) is 0.958. The third kappa shape index (κ3) is 4.63. The Hall–Kier alpha value is -2.24. The molecular formula is C18H25NO5. The van der Waals surface area contributed by atoms with Crippen molar-refractivity contribution in [2.45, 2.75) is 26.2 Å². The lowest BCUT2D eigenvalue weighted by molar-refractivity contribution is -0.146. The van der Waals surface area contributed by atoms with Gasteiger partial charge in [-0.15, -0.1) is 0 Å². The van der Waals surface area contributed by atoms with Crippen molar-refractivity contribution in [3.05, 3.63) is 23.8 Å². The van der Waals surface area contributed by atoms with Crippen molar-refractivity contribution in [2.24, 2.45) is 11.8 Å². The van der Waals surface area contributed by atoms with Crippen LogP contribution in [0.5, 0.6) is 11.5 Å². The van der Waals surface area contributed by atoms with E-state index in [1.54, 1.807) is 25.2 Å². The van der Waals surface area contributed by atoms with Gasteiger partial charge in [-0.25, -0.2) is 0 Å². The van der Waals surface area contributed by atoms with Crippen LogP contribution in [-0.4, -0.2) is 49.2 Å². The molecule has 6 heteroatoms. The Kier molecular flexibility index (Phi) is 6.06. The fraction of sp³-hybridized carbons (Fsp3) is 0.556. The number of likely N-dealkylation sites (tertiary alicyclic amines) is 1. The first kappa shape index (κ1) is 18.1. The molecule has 0 spiro atoms. The van der Waals surface area contributed by atoms with E-state index in [1.807, 2.05) is 19.1 Å². The van der Waals surface area contributed by atoms with Crippen molar-refractivity contribution in [1.29, 1.82) is 0 Å². The van der Waals surface area contributed by atoms with Gasteiger partial charge in [0, 0.05) is 25.6 Å². The summed E-state index contributed by atoms with van der Waals surface area (Å²) >= 11 is 0. The van der Waals surface area contributed by atoms with E-state index in [2.05, 4.69) is 0 Å². The highest BCUT2D eigenvalue weighted by Crippen LogP contribution is 2.25. The molecule has 1 aromatic rings. The van der Waals surface area contributed by atoms with Crippen molar-refractivity contribution in [3.8, 4) is 11.5 Å². The molecule has 1 saturated heterocycles. The second-order valence-electron chi connectivity index (χ2n) is 6.40. The molecule has 0 aromatic heterocycles. The molecule has 2 atom stereocenters. The van der Waals surface area contributed by atoms with E-state index < -0.39 is 11.9 Å². The number of rotatable bonds is 6. The maximum atomic E-state index is 12.5. The third-order valence-corrected chi connectivity index (χ3v) is 4.40. The molecule has 1 N–H and O–H groups in total. The van der Waals surface area contributed by atoms with E-state index in [9.17, 15) is 14.7 Å². The number of piperidine rings is 1. The Morgan fingerprint density at radius 1 is 1.17 bits per heavy atom. The number of amides is 1. The zero-order chi connectivity index (χ0) is 17.7. The summed E-state index contributed by atoms with van der Waals surface area (Å²) in [7, 11) is 3.18. The summed E-state index contributed by atoms with van der Waals surface area (Å²) in [5, 5.41) is 9.21. The highest BCUT2D eigenvalue weighted by molar-refractivity contribution is 5.78. The molecule has 24 heavy (non-hydrogen) atoms. The number of hydrogen-bond donors (Lipinski definition) is 1. The normalized spacial score (nSPS) is 20.5. The largest absolute Gasteiger partial charge is 0.497 e. The summed E-state index contributed by atoms with van der Waals surface area (Å²) in [6.07, 6.45) is 1.54. The molecule has 0 aliphatic carbocycles. The Morgan fingerprint density at radius 2 is 1.79 bits per heavy atom. The van der Waals surface area contributed by atoms with Gasteiger partial charge in [0.15, 0.2) is 0 Å². The molecule has 0 saturated carbocycles. The Balaban J connectivity index is 1.98. The minimum absolute atomic E-state index is 0.00501. The van der Waals surface area contributed by atoms with Crippen LogP contribution in [0.25, 0.3) is 0 Å². The third-order valence-electron chi connectivity index (χ3n) is 4.40. The standard InChI is InChI=1S/C18H25NO5/c1-12-6-14(18(21)22)11-19(10-12)17(20)5-4-13-7-15(23-2)9-16(8-13)24-3/h7-9,12,14H,4-6,10-11H2,1-3H3,(H,21,22). The van der Waals surface area contributed by atoms with Crippen molar-refractivity contribution in [2.75, 3.05) is 27.3 Å². The maximum Gasteiger partial charge on any atom is 0.308 e. The van der Waals surface area contributed by atoms with Crippen molar-refractivity contribution >= 4 is 11.9 Å². The van der Waals surface area contributed by atoms with Gasteiger partial charge in [0.1, 0.15) is 11.5 Å². The Morgan fingerprint density at radius 3 is 2.33 bits per heavy atom. The van der Waals surface area contributed by atoms with Crippen molar-refractivity contribution < 1.29 is 24.2 Å². The van der Waals surface area contributed by atoms with E-state index >= 15 is 0 Å². The van der Waals surface area contributed by atoms with Crippen LogP contribution in [0.1, 0.15) is 25.3 Å². The second-order valence-corrected chi connectivity index (χ2v) is 6.40. The minimum atomic E-state index is -0.822. The molecule has 1 fully saturated rings. The van der Waals surface area contributed by atoms with E-state index in [1.165, 1.54) is 0 Å². The van der Waals surface area contributed by atoms with Gasteiger partial charge >= 0.3 is 5.97 Å². The molecular weight excluding hydrogens is 310 g/mol. The van der Waals surface area contributed by atoms with Crippen molar-refractivity contribution in [3.63, 3.8) is 0 Å². The highest BCUT2D eigenvalue weighted by Gasteiger charge is 2.31. The van der Waals surface area contributed by atoms with Gasteiger partial charge in [-0.1, -0.05) is 6.92 Å². The summed E-state index contributed by atoms with van der Waals surface area (Å²) < 4.78 is 10.5. The second kappa shape index (κ2) is 8.04. The number of aryl methyl sites for hydroxylation is 1. The molecule has 1 heterocycles. The van der Waals surface area contributed by atoms with Crippen LogP contribution in [0.4, 0.5) is 0 Å². The van der Waals surface area contributed by atoms with Gasteiger partial charge in [-0.3, -0.25) is 9.59 Å². The van der Waals surface area contributed by atoms with Gasteiger partial charge in [-0.05, 0) is 36.5 Å². The smallest absolute Gasteiger partial charge is 0.308 e. The number of hydrogen-bond acceptors (Lipinski definition) is 4. The molecule has 2 rings (SSSR count). The first-order valence-corrected chi connectivity index (χ1v) is 8.15. The lowest BCUT2D eigenvalue weighted by Crippen LogP contribution is -2.45. The van der Waals surface area contributed by atoms with Gasteiger partial charge < -0.3 is 19.5 Å². The molecule has 1 aliphatic rings. The quantitative estimate of drug-likeness (QED) is 0.862. The summed E-state index contributed by atoms with van der Waals surface area (Å²) in [5.74, 6) is 0.297. The number of aliphatic carboxylic acids is 1. The summed E-state index contributed by atoms with van der Waals surface area (Å²) in [4.78, 5) is 25.4. The molecule has 0 bridgehead atoms. The van der Waals surface area contributed by atoms with Crippen LogP contribution in [-0.2, 0) is 16.0 Å². The van der Waals surface area contributed by atoms with Crippen LogP contribution in [0.2, 0.25) is 0 Å². The number of nitrogens with zero attached hydrogens (tertiary/aromatic N) is 1. The van der Waals surface area contributed by atoms with E-state index in [-0.39, 0.29) is 11.8 Å². The molecule has 2 unspecified atom stereocenters. The number of ether oxygens (including phenoxy) is 2. The molecule has 1 aromatic carbocycles. The number of methoxy groups -OCH3 is 2. The number of carboxylic acids is 1. The molecule has 0 radical (unpaired) electrons. The summed E-state index contributed by atoms with van der Waals surface area (Å²) in [6, 6.07) is 5.55. The van der Waals surface area contributed by atoms with Crippen LogP contribution >= 0.6 is 0 Å². The van der Waals surface area contributed by atoms with Crippen molar-refractivity contribution in [1.82, 2.24) is 4.90 Å². The topological polar surface area (TPSA) is 76.1 Å². The molecule has 1 amide bonds. The average Bonchev–Trinajstić information content (AvgIpc) is 2.58. The van der Waals surface area contributed by atoms with Crippen LogP contribution in [0.15, 0.2) is 18.2 Å². The summed E-state index contributed by atoms with van der Waals surface area (Å²) in [6.45, 7) is 2.92. The Bertz CT molecular complexity index is 579. The number of carbonyl (C=O) groups excluding carboxylic acids is 1. The lowest BCUT2D eigenvalue weighted by atomic mass is 9.90. The zero-order valence-corrected chi connectivity index (χ0v) is 14.4. The fourth-order valence-electron chi connectivity index (χ4n) is 3.15. The Labute approximate surface area is 142 Å². The van der Waals surface area contributed by atoms with E-state index in [4.69, 9.17) is 9.47 Å². The fourth-order valence-corrected chi connectivity index (χ4v) is 3.15. The first-order chi connectivity index (χ1) is 11.4. The first-order valence-electron chi connectivity index (χ1n) is 8.15. The molecule has 132 valence electrons. The SMILES string of the molecule is COc1cc(CCC(=O)N2CC(C)CC(C(=O)O)C2)cc(OC)c1. The number of carbonyl (C=O) groups is 2. The zero-order valence-electron chi connectivity index (χ0n) is 14.4. The monoisotopic (exact) mass is 335 g/mol. The van der Waals surface area contributed by atoms with Crippen LogP contribution in [0.3, 0.4) is 0 Å². The highest BCUT2D eigenvalue weighted by atomic mass is 16.5. The van der Waals surface area contributed by atoms with Gasteiger partial charge in [0.2, 0.25) is 5.91 Å². The predicted octanol–water partition coefficient (Wildman–Crippen LogP) is 2.21. The van der Waals surface area contributed by atoms with Gasteiger partial charge in [0.05, 0.1) is 20.1 Å². The lowest BCUT2D eigenvalue weighted by Gasteiger charge is -2.34. The van der Waals surface area contributed by atoms with E-state index in [0.717, 1.165) is 5.56 Å². The minimum Gasteiger partial charge on any atom is -0.497 e. The number of benzene rings is 1. The maximum absolute atomic E-state index is 12.5. The van der Waals surface area contributed by atoms with Crippen LogP contribution < -0.4 is 9.47 Å². The molecule has 6 nitrogen and oxygen atoms in total. The molecule has 1 aliphatic heterocycles.